The molecule has 3 rings (SSSR count). The van der Waals surface area contributed by atoms with Crippen LogP contribution in [-0.4, -0.2) is 21.6 Å². The van der Waals surface area contributed by atoms with Crippen LogP contribution in [0.3, 0.4) is 0 Å². The Balaban J connectivity index is 2.15. The topological polar surface area (TPSA) is 39.9 Å². The maximum atomic E-state index is 5.15. The highest BCUT2D eigenvalue weighted by atomic mass is 16.5. The zero-order valence-corrected chi connectivity index (χ0v) is 10.3. The second-order valence-corrected chi connectivity index (χ2v) is 4.07. The van der Waals surface area contributed by atoms with Gasteiger partial charge in [-0.25, -0.2) is 9.97 Å². The number of aromatic nitrogens is 3. The Morgan fingerprint density at radius 1 is 1.11 bits per heavy atom. The van der Waals surface area contributed by atoms with Crippen molar-refractivity contribution in [1.29, 1.82) is 0 Å². The third-order valence-corrected chi connectivity index (χ3v) is 2.98. The summed E-state index contributed by atoms with van der Waals surface area (Å²) < 4.78 is 7.15. The van der Waals surface area contributed by atoms with Crippen molar-refractivity contribution in [2.75, 3.05) is 7.11 Å². The summed E-state index contributed by atoms with van der Waals surface area (Å²) in [5.41, 5.74) is 2.85. The van der Waals surface area contributed by atoms with Crippen LogP contribution in [0.5, 0.6) is 5.75 Å². The average molecular weight is 239 g/mol. The van der Waals surface area contributed by atoms with Crippen molar-refractivity contribution in [3.05, 3.63) is 42.6 Å². The predicted octanol–water partition coefficient (Wildman–Crippen LogP) is 2.64. The molecule has 1 aromatic carbocycles. The molecule has 0 saturated carbocycles. The van der Waals surface area contributed by atoms with E-state index in [-0.39, 0.29) is 0 Å². The summed E-state index contributed by atoms with van der Waals surface area (Å²) >= 11 is 0. The molecule has 0 saturated heterocycles. The largest absolute Gasteiger partial charge is 0.497 e. The number of ether oxygens (including phenoxy) is 1. The number of nitrogens with zero attached hydrogens (tertiary/aromatic N) is 3. The quantitative estimate of drug-likeness (QED) is 0.690. The van der Waals surface area contributed by atoms with Crippen LogP contribution in [0, 0.1) is 0 Å². The second-order valence-electron chi connectivity index (χ2n) is 4.07. The van der Waals surface area contributed by atoms with Crippen molar-refractivity contribution >= 4 is 11.2 Å². The summed E-state index contributed by atoms with van der Waals surface area (Å²) in [6.07, 6.45) is 1.78. The summed E-state index contributed by atoms with van der Waals surface area (Å²) in [7, 11) is 3.63. The minimum atomic E-state index is 0.843. The van der Waals surface area contributed by atoms with Crippen LogP contribution in [0.4, 0.5) is 0 Å². The van der Waals surface area contributed by atoms with Gasteiger partial charge in [0.1, 0.15) is 17.1 Å². The lowest BCUT2D eigenvalue weighted by Gasteiger charge is -2.03. The van der Waals surface area contributed by atoms with E-state index in [1.165, 1.54) is 0 Å². The van der Waals surface area contributed by atoms with Crippen molar-refractivity contribution in [2.24, 2.45) is 7.05 Å². The Bertz CT molecular complexity index is 686. The molecule has 0 amide bonds. The molecule has 0 unspecified atom stereocenters. The van der Waals surface area contributed by atoms with Crippen LogP contribution in [0.25, 0.3) is 22.6 Å². The van der Waals surface area contributed by atoms with Crippen molar-refractivity contribution in [2.45, 2.75) is 0 Å². The molecule has 0 spiro atoms. The molecule has 0 fully saturated rings. The van der Waals surface area contributed by atoms with Gasteiger partial charge in [0.25, 0.3) is 0 Å². The molecule has 0 aliphatic carbocycles. The molecule has 3 aromatic rings. The lowest BCUT2D eigenvalue weighted by atomic mass is 10.2. The smallest absolute Gasteiger partial charge is 0.159 e. The van der Waals surface area contributed by atoms with Crippen LogP contribution in [0.15, 0.2) is 42.6 Å². The van der Waals surface area contributed by atoms with Crippen molar-refractivity contribution < 1.29 is 4.74 Å². The molecule has 0 aliphatic heterocycles. The Morgan fingerprint density at radius 2 is 1.89 bits per heavy atom. The monoisotopic (exact) mass is 239 g/mol. The normalized spacial score (nSPS) is 10.8. The van der Waals surface area contributed by atoms with E-state index in [4.69, 9.17) is 4.74 Å². The zero-order valence-electron chi connectivity index (χ0n) is 10.3. The maximum absolute atomic E-state index is 5.15. The van der Waals surface area contributed by atoms with Crippen molar-refractivity contribution in [3.8, 4) is 17.1 Å². The highest BCUT2D eigenvalue weighted by Gasteiger charge is 2.09. The van der Waals surface area contributed by atoms with Gasteiger partial charge in [-0.3, -0.25) is 0 Å². The van der Waals surface area contributed by atoms with Gasteiger partial charge < -0.3 is 9.30 Å². The molecule has 4 heteroatoms. The number of pyridine rings is 1. The third-order valence-electron chi connectivity index (χ3n) is 2.98. The Kier molecular flexibility index (Phi) is 2.48. The van der Waals surface area contributed by atoms with Crippen LogP contribution in [-0.2, 0) is 7.05 Å². The summed E-state index contributed by atoms with van der Waals surface area (Å²) in [6, 6.07) is 11.7. The van der Waals surface area contributed by atoms with Gasteiger partial charge in [0.05, 0.1) is 7.11 Å². The number of hydrogen-bond acceptors (Lipinski definition) is 3. The molecule has 0 atom stereocenters. The van der Waals surface area contributed by atoms with E-state index in [1.54, 1.807) is 13.3 Å². The minimum Gasteiger partial charge on any atom is -0.497 e. The Hall–Kier alpha value is -2.36. The molecule has 2 heterocycles. The van der Waals surface area contributed by atoms with Gasteiger partial charge >= 0.3 is 0 Å². The van der Waals surface area contributed by atoms with Crippen molar-refractivity contribution in [3.63, 3.8) is 0 Å². The average Bonchev–Trinajstić information content (AvgIpc) is 2.77. The van der Waals surface area contributed by atoms with Gasteiger partial charge in [-0.2, -0.15) is 0 Å². The van der Waals surface area contributed by atoms with Gasteiger partial charge in [-0.1, -0.05) is 0 Å². The first kappa shape index (κ1) is 10.8. The molecule has 0 bridgehead atoms. The summed E-state index contributed by atoms with van der Waals surface area (Å²) in [4.78, 5) is 8.93. The number of methoxy groups -OCH3 is 1. The van der Waals surface area contributed by atoms with Gasteiger partial charge in [-0.05, 0) is 36.4 Å². The van der Waals surface area contributed by atoms with Gasteiger partial charge in [0.15, 0.2) is 5.65 Å². The summed E-state index contributed by atoms with van der Waals surface area (Å²) in [6.45, 7) is 0. The van der Waals surface area contributed by atoms with E-state index in [0.717, 1.165) is 28.3 Å². The predicted molar refractivity (Wildman–Crippen MR) is 70.5 cm³/mol. The number of benzene rings is 1. The summed E-state index contributed by atoms with van der Waals surface area (Å²) in [5, 5.41) is 0. The first-order chi connectivity index (χ1) is 8.79. The van der Waals surface area contributed by atoms with Gasteiger partial charge in [0, 0.05) is 18.8 Å². The van der Waals surface area contributed by atoms with Crippen LogP contribution in [0.2, 0.25) is 0 Å². The third kappa shape index (κ3) is 1.62. The first-order valence-corrected chi connectivity index (χ1v) is 5.71. The standard InChI is InChI=1S/C14H13N3O/c1-17-13(10-5-7-11(18-2)8-6-10)16-12-4-3-9-15-14(12)17/h3-9H,1-2H3. The molecule has 4 nitrogen and oxygen atoms in total. The summed E-state index contributed by atoms with van der Waals surface area (Å²) in [5.74, 6) is 1.75. The van der Waals surface area contributed by atoms with E-state index in [9.17, 15) is 0 Å². The molecule has 0 aliphatic rings. The molecule has 2 aromatic heterocycles. The van der Waals surface area contributed by atoms with Crippen LogP contribution < -0.4 is 4.74 Å². The molecule has 90 valence electrons. The number of hydrogen-bond donors (Lipinski definition) is 0. The highest BCUT2D eigenvalue weighted by Crippen LogP contribution is 2.24. The van der Waals surface area contributed by atoms with E-state index >= 15 is 0 Å². The molecule has 0 N–H and O–H groups in total. The maximum Gasteiger partial charge on any atom is 0.159 e. The molecular weight excluding hydrogens is 226 g/mol. The Labute approximate surface area is 105 Å². The van der Waals surface area contributed by atoms with E-state index in [0.29, 0.717) is 0 Å². The van der Waals surface area contributed by atoms with E-state index < -0.39 is 0 Å². The van der Waals surface area contributed by atoms with Crippen molar-refractivity contribution in [1.82, 2.24) is 14.5 Å². The molecular formula is C14H13N3O. The second kappa shape index (κ2) is 4.14. The Morgan fingerprint density at radius 3 is 2.56 bits per heavy atom. The highest BCUT2D eigenvalue weighted by molar-refractivity contribution is 5.76. The fourth-order valence-corrected chi connectivity index (χ4v) is 2.02. The SMILES string of the molecule is COc1ccc(-c2nc3cccnc3n2C)cc1. The van der Waals surface area contributed by atoms with E-state index in [1.807, 2.05) is 48.0 Å². The van der Waals surface area contributed by atoms with Gasteiger partial charge in [-0.15, -0.1) is 0 Å². The van der Waals surface area contributed by atoms with Gasteiger partial charge in [0.2, 0.25) is 0 Å². The fraction of sp³-hybridized carbons (Fsp3) is 0.143. The number of rotatable bonds is 2. The van der Waals surface area contributed by atoms with Crippen LogP contribution >= 0.6 is 0 Å². The molecule has 18 heavy (non-hydrogen) atoms. The first-order valence-electron chi connectivity index (χ1n) is 5.71. The van der Waals surface area contributed by atoms with E-state index in [2.05, 4.69) is 9.97 Å². The zero-order chi connectivity index (χ0) is 12.5. The fourth-order valence-electron chi connectivity index (χ4n) is 2.02. The minimum absolute atomic E-state index is 0.843. The number of fused-ring (bicyclic) bond motifs is 1. The lowest BCUT2D eigenvalue weighted by molar-refractivity contribution is 0.415. The lowest BCUT2D eigenvalue weighted by Crippen LogP contribution is -1.93. The number of imidazole rings is 1. The molecule has 0 radical (unpaired) electrons. The number of aryl methyl sites for hydroxylation is 1. The van der Waals surface area contributed by atoms with Crippen LogP contribution in [0.1, 0.15) is 0 Å².